The number of aromatic amines is 1. The Labute approximate surface area is 200 Å². The maximum atomic E-state index is 13.9. The quantitative estimate of drug-likeness (QED) is 0.362. The minimum Gasteiger partial charge on any atom is -0.348 e. The second kappa shape index (κ2) is 9.06. The van der Waals surface area contributed by atoms with Gasteiger partial charge in [0.2, 0.25) is 0 Å². The molecule has 0 saturated heterocycles. The van der Waals surface area contributed by atoms with Crippen LogP contribution < -0.4 is 10.9 Å². The molecule has 8 heteroatoms. The minimum absolute atomic E-state index is 0.0275. The molecule has 2 aromatic carbocycles. The average molecular weight is 484 g/mol. The van der Waals surface area contributed by atoms with Gasteiger partial charge in [-0.25, -0.2) is 8.78 Å². The number of fused-ring (bicyclic) bond motifs is 1. The van der Waals surface area contributed by atoms with Gasteiger partial charge >= 0.3 is 0 Å². The Balaban J connectivity index is 1.82. The molecule has 0 aliphatic heterocycles. The molecule has 176 valence electrons. The van der Waals surface area contributed by atoms with Crippen molar-refractivity contribution >= 4 is 28.4 Å². The lowest BCUT2D eigenvalue weighted by Gasteiger charge is -2.14. The topological polar surface area (TPSA) is 66.9 Å². The summed E-state index contributed by atoms with van der Waals surface area (Å²) >= 11 is 6.54. The summed E-state index contributed by atoms with van der Waals surface area (Å²) in [5.74, 6) is -2.36. The first-order chi connectivity index (χ1) is 16.1. The first kappa shape index (κ1) is 23.7. The number of amides is 1. The van der Waals surface area contributed by atoms with Gasteiger partial charge in [-0.1, -0.05) is 17.7 Å². The van der Waals surface area contributed by atoms with Crippen LogP contribution in [0.1, 0.15) is 47.1 Å². The van der Waals surface area contributed by atoms with Crippen LogP contribution in [0.15, 0.2) is 47.4 Å². The Bertz CT molecular complexity index is 1490. The molecule has 0 unspecified atom stereocenters. The second-order valence-corrected chi connectivity index (χ2v) is 9.06. The van der Waals surface area contributed by atoms with E-state index in [0.717, 1.165) is 23.4 Å². The van der Waals surface area contributed by atoms with E-state index < -0.39 is 17.5 Å². The number of nitrogens with one attached hydrogen (secondary N) is 2. The molecular formula is C26H24ClF2N3O2. The van der Waals surface area contributed by atoms with Crippen molar-refractivity contribution in [3.63, 3.8) is 0 Å². The summed E-state index contributed by atoms with van der Waals surface area (Å²) in [6.07, 6.45) is 1.75. The van der Waals surface area contributed by atoms with Gasteiger partial charge in [-0.05, 0) is 74.7 Å². The number of hydrogen-bond acceptors (Lipinski definition) is 2. The average Bonchev–Trinajstić information content (AvgIpc) is 3.11. The highest BCUT2D eigenvalue weighted by Gasteiger charge is 2.20. The van der Waals surface area contributed by atoms with Crippen LogP contribution in [0, 0.1) is 25.5 Å². The van der Waals surface area contributed by atoms with Crippen LogP contribution in [0.3, 0.4) is 0 Å². The van der Waals surface area contributed by atoms with E-state index in [9.17, 15) is 18.4 Å². The van der Waals surface area contributed by atoms with Crippen molar-refractivity contribution in [1.82, 2.24) is 14.9 Å². The van der Waals surface area contributed by atoms with Gasteiger partial charge in [-0.2, -0.15) is 0 Å². The highest BCUT2D eigenvalue weighted by Crippen LogP contribution is 2.35. The summed E-state index contributed by atoms with van der Waals surface area (Å²) in [7, 11) is 0. The molecular weight excluding hydrogens is 460 g/mol. The van der Waals surface area contributed by atoms with Gasteiger partial charge < -0.3 is 14.9 Å². The highest BCUT2D eigenvalue weighted by atomic mass is 35.5. The van der Waals surface area contributed by atoms with Gasteiger partial charge in [0, 0.05) is 35.4 Å². The molecule has 0 radical (unpaired) electrons. The smallest absolute Gasteiger partial charge is 0.253 e. The fourth-order valence-electron chi connectivity index (χ4n) is 4.15. The molecule has 2 aromatic heterocycles. The van der Waals surface area contributed by atoms with Crippen molar-refractivity contribution in [2.24, 2.45) is 0 Å². The minimum atomic E-state index is -0.977. The van der Waals surface area contributed by atoms with Crippen LogP contribution in [0.5, 0.6) is 0 Å². The number of nitrogens with zero attached hydrogens (tertiary/aromatic N) is 1. The molecule has 0 saturated carbocycles. The van der Waals surface area contributed by atoms with Gasteiger partial charge in [0.15, 0.2) is 11.6 Å². The van der Waals surface area contributed by atoms with Crippen LogP contribution >= 0.6 is 11.6 Å². The van der Waals surface area contributed by atoms with Crippen LogP contribution in [0.4, 0.5) is 8.78 Å². The lowest BCUT2D eigenvalue weighted by atomic mass is 9.99. The van der Waals surface area contributed by atoms with Crippen LogP contribution in [0.25, 0.3) is 22.0 Å². The molecule has 0 aliphatic rings. The van der Waals surface area contributed by atoms with Crippen LogP contribution in [-0.2, 0) is 6.54 Å². The summed E-state index contributed by atoms with van der Waals surface area (Å²) in [6, 6.07) is 8.89. The maximum Gasteiger partial charge on any atom is 0.253 e. The third-order valence-corrected chi connectivity index (χ3v) is 6.15. The number of H-pyrrole nitrogens is 1. The summed E-state index contributed by atoms with van der Waals surface area (Å²) in [4.78, 5) is 28.4. The fraction of sp³-hybridized carbons (Fsp3) is 0.231. The van der Waals surface area contributed by atoms with Crippen molar-refractivity contribution in [3.8, 4) is 11.1 Å². The molecule has 0 fully saturated rings. The summed E-state index contributed by atoms with van der Waals surface area (Å²) in [6.45, 7) is 7.59. The lowest BCUT2D eigenvalue weighted by Crippen LogP contribution is -2.28. The van der Waals surface area contributed by atoms with E-state index in [0.29, 0.717) is 32.6 Å². The van der Waals surface area contributed by atoms with E-state index >= 15 is 0 Å². The van der Waals surface area contributed by atoms with Crippen molar-refractivity contribution in [1.29, 1.82) is 0 Å². The van der Waals surface area contributed by atoms with Gasteiger partial charge in [-0.15, -0.1) is 0 Å². The van der Waals surface area contributed by atoms with Crippen LogP contribution in [-0.4, -0.2) is 15.5 Å². The number of carbonyl (C=O) groups excluding carboxylic acids is 1. The number of halogens is 3. The van der Waals surface area contributed by atoms with Gasteiger partial charge in [0.1, 0.15) is 0 Å². The molecule has 0 atom stereocenters. The molecule has 0 bridgehead atoms. The van der Waals surface area contributed by atoms with Gasteiger partial charge in [0.25, 0.3) is 11.5 Å². The zero-order valence-electron chi connectivity index (χ0n) is 19.2. The Kier molecular flexibility index (Phi) is 6.32. The summed E-state index contributed by atoms with van der Waals surface area (Å²) in [5.41, 5.74) is 3.64. The normalized spacial score (nSPS) is 11.4. The molecule has 4 rings (SSSR count). The molecule has 5 nitrogen and oxygen atoms in total. The lowest BCUT2D eigenvalue weighted by molar-refractivity contribution is 0.0952. The van der Waals surface area contributed by atoms with Gasteiger partial charge in [-0.3, -0.25) is 9.59 Å². The molecule has 2 heterocycles. The third kappa shape index (κ3) is 4.35. The predicted molar refractivity (Wildman–Crippen MR) is 130 cm³/mol. The number of aryl methyl sites for hydroxylation is 2. The number of rotatable bonds is 5. The van der Waals surface area contributed by atoms with Crippen molar-refractivity contribution in [2.45, 2.75) is 40.3 Å². The van der Waals surface area contributed by atoms with Crippen molar-refractivity contribution < 1.29 is 13.6 Å². The molecule has 0 spiro atoms. The van der Waals surface area contributed by atoms with Crippen molar-refractivity contribution in [2.75, 3.05) is 0 Å². The van der Waals surface area contributed by atoms with E-state index in [1.165, 1.54) is 6.07 Å². The fourth-order valence-corrected chi connectivity index (χ4v) is 4.46. The predicted octanol–water partition coefficient (Wildman–Crippen LogP) is 6.06. The summed E-state index contributed by atoms with van der Waals surface area (Å²) in [5, 5.41) is 3.76. The SMILES string of the molecule is Cc1cc(C)c(CNC(=O)c2cc(-c3ccc(F)c(F)c3)cc3c2c(Cl)cn3C(C)C)c(=O)[nH]1. The highest BCUT2D eigenvalue weighted by molar-refractivity contribution is 6.37. The van der Waals surface area contributed by atoms with E-state index in [1.807, 2.05) is 31.4 Å². The maximum absolute atomic E-state index is 13.9. The molecule has 2 N–H and O–H groups in total. The molecule has 1 amide bonds. The van der Waals surface area contributed by atoms with E-state index in [2.05, 4.69) is 10.3 Å². The Hall–Kier alpha value is -3.45. The first-order valence-electron chi connectivity index (χ1n) is 10.8. The van der Waals surface area contributed by atoms with Gasteiger partial charge in [0.05, 0.1) is 16.1 Å². The number of pyridine rings is 1. The molecule has 4 aromatic rings. The first-order valence-corrected chi connectivity index (χ1v) is 11.2. The van der Waals surface area contributed by atoms with E-state index in [-0.39, 0.29) is 23.7 Å². The molecule has 0 aliphatic carbocycles. The molecule has 34 heavy (non-hydrogen) atoms. The Morgan fingerprint density at radius 3 is 2.47 bits per heavy atom. The Morgan fingerprint density at radius 1 is 1.09 bits per heavy atom. The number of hydrogen-bond donors (Lipinski definition) is 2. The Morgan fingerprint density at radius 2 is 1.82 bits per heavy atom. The van der Waals surface area contributed by atoms with E-state index in [1.54, 1.807) is 25.3 Å². The zero-order valence-corrected chi connectivity index (χ0v) is 20.0. The van der Waals surface area contributed by atoms with Crippen LogP contribution in [0.2, 0.25) is 5.02 Å². The van der Waals surface area contributed by atoms with E-state index in [4.69, 9.17) is 11.6 Å². The second-order valence-electron chi connectivity index (χ2n) is 8.65. The standard InChI is InChI=1S/C26H24ClF2N3O2/c1-13(2)32-12-20(27)24-18(25(33)30-11-19-14(3)7-15(4)31-26(19)34)8-17(10-23(24)32)16-5-6-21(28)22(29)9-16/h5-10,12-13H,11H2,1-4H3,(H,30,33)(H,31,34). The third-order valence-electron chi connectivity index (χ3n) is 5.86. The number of carbonyl (C=O) groups is 1. The number of benzene rings is 2. The van der Waals surface area contributed by atoms with Crippen molar-refractivity contribution in [3.05, 3.63) is 92.0 Å². The summed E-state index contributed by atoms with van der Waals surface area (Å²) < 4.78 is 29.4. The zero-order chi connectivity index (χ0) is 24.7. The monoisotopic (exact) mass is 483 g/mol. The number of aromatic nitrogens is 2. The largest absolute Gasteiger partial charge is 0.348 e.